The van der Waals surface area contributed by atoms with Crippen LogP contribution in [-0.2, 0) is 16.1 Å². The molecule has 0 aliphatic heterocycles. The molecule has 1 rings (SSSR count). The Bertz CT molecular complexity index is 319. The molecule has 0 bridgehead atoms. The van der Waals surface area contributed by atoms with Crippen LogP contribution < -0.4 is 0 Å². The molecule has 0 saturated carbocycles. The summed E-state index contributed by atoms with van der Waals surface area (Å²) in [6, 6.07) is 3.88. The van der Waals surface area contributed by atoms with Crippen LogP contribution in [0.25, 0.3) is 0 Å². The lowest BCUT2D eigenvalue weighted by Gasteiger charge is -2.13. The van der Waals surface area contributed by atoms with Crippen LogP contribution in [0.1, 0.15) is 17.9 Å². The highest BCUT2D eigenvalue weighted by atomic mass is 16.5. The number of esters is 1. The van der Waals surface area contributed by atoms with E-state index in [2.05, 4.69) is 4.74 Å². The minimum atomic E-state index is -0.183. The summed E-state index contributed by atoms with van der Waals surface area (Å²) in [5, 5.41) is 0. The molecule has 15 heavy (non-hydrogen) atoms. The van der Waals surface area contributed by atoms with Crippen molar-refractivity contribution in [3.63, 3.8) is 0 Å². The highest BCUT2D eigenvalue weighted by Crippen LogP contribution is 2.08. The fourth-order valence-corrected chi connectivity index (χ4v) is 1.30. The van der Waals surface area contributed by atoms with Gasteiger partial charge < -0.3 is 9.15 Å². The normalized spacial score (nSPS) is 10.7. The van der Waals surface area contributed by atoms with Crippen molar-refractivity contribution in [3.8, 4) is 0 Å². The molecule has 1 aromatic heterocycles. The molecule has 0 atom stereocenters. The van der Waals surface area contributed by atoms with Crippen LogP contribution in [0.15, 0.2) is 16.5 Å². The predicted octanol–water partition coefficient (Wildman–Crippen LogP) is 1.58. The van der Waals surface area contributed by atoms with Crippen molar-refractivity contribution in [2.75, 3.05) is 20.7 Å². The molecular weight excluding hydrogens is 194 g/mol. The van der Waals surface area contributed by atoms with Gasteiger partial charge in [-0.25, -0.2) is 0 Å². The molecule has 0 aliphatic rings. The molecule has 0 N–H and O–H groups in total. The molecule has 1 heterocycles. The minimum absolute atomic E-state index is 0.183. The van der Waals surface area contributed by atoms with Gasteiger partial charge in [-0.2, -0.15) is 0 Å². The third-order valence-electron chi connectivity index (χ3n) is 2.15. The second-order valence-electron chi connectivity index (χ2n) is 3.58. The highest BCUT2D eigenvalue weighted by molar-refractivity contribution is 5.69. The van der Waals surface area contributed by atoms with Crippen LogP contribution >= 0.6 is 0 Å². The van der Waals surface area contributed by atoms with Crippen LogP contribution in [0, 0.1) is 6.92 Å². The maximum atomic E-state index is 10.9. The molecule has 0 aliphatic carbocycles. The summed E-state index contributed by atoms with van der Waals surface area (Å²) in [6.07, 6.45) is 0.409. The molecule has 1 aromatic rings. The van der Waals surface area contributed by atoms with Crippen molar-refractivity contribution in [1.29, 1.82) is 0 Å². The topological polar surface area (TPSA) is 42.7 Å². The number of carbonyl (C=O) groups excluding carboxylic acids is 1. The van der Waals surface area contributed by atoms with Crippen molar-refractivity contribution >= 4 is 5.97 Å². The third-order valence-corrected chi connectivity index (χ3v) is 2.15. The van der Waals surface area contributed by atoms with Crippen molar-refractivity contribution in [3.05, 3.63) is 23.7 Å². The van der Waals surface area contributed by atoms with Crippen LogP contribution in [0.4, 0.5) is 0 Å². The van der Waals surface area contributed by atoms with E-state index in [0.29, 0.717) is 19.5 Å². The first kappa shape index (κ1) is 11.8. The van der Waals surface area contributed by atoms with E-state index in [-0.39, 0.29) is 5.97 Å². The second kappa shape index (κ2) is 5.56. The Morgan fingerprint density at radius 1 is 1.53 bits per heavy atom. The quantitative estimate of drug-likeness (QED) is 0.693. The Morgan fingerprint density at radius 3 is 2.80 bits per heavy atom. The number of hydrogen-bond donors (Lipinski definition) is 0. The van der Waals surface area contributed by atoms with Crippen LogP contribution in [-0.4, -0.2) is 31.6 Å². The number of furan rings is 1. The second-order valence-corrected chi connectivity index (χ2v) is 3.58. The van der Waals surface area contributed by atoms with Gasteiger partial charge >= 0.3 is 5.97 Å². The smallest absolute Gasteiger partial charge is 0.306 e. The monoisotopic (exact) mass is 211 g/mol. The lowest BCUT2D eigenvalue weighted by Crippen LogP contribution is -2.21. The van der Waals surface area contributed by atoms with Crippen molar-refractivity contribution in [2.45, 2.75) is 19.9 Å². The first-order valence-electron chi connectivity index (χ1n) is 4.92. The summed E-state index contributed by atoms with van der Waals surface area (Å²) >= 11 is 0. The van der Waals surface area contributed by atoms with Crippen molar-refractivity contribution in [1.82, 2.24) is 4.90 Å². The van der Waals surface area contributed by atoms with Crippen LogP contribution in [0.2, 0.25) is 0 Å². The van der Waals surface area contributed by atoms with E-state index in [0.717, 1.165) is 11.5 Å². The first-order chi connectivity index (χ1) is 7.11. The molecule has 0 unspecified atom stereocenters. The Morgan fingerprint density at radius 2 is 2.27 bits per heavy atom. The highest BCUT2D eigenvalue weighted by Gasteiger charge is 2.06. The summed E-state index contributed by atoms with van der Waals surface area (Å²) in [6.45, 7) is 3.30. The van der Waals surface area contributed by atoms with Crippen LogP contribution in [0.5, 0.6) is 0 Å². The summed E-state index contributed by atoms with van der Waals surface area (Å²) < 4.78 is 10.00. The maximum absolute atomic E-state index is 10.9. The SMILES string of the molecule is COC(=O)CCN(C)Cc1ccc(C)o1. The minimum Gasteiger partial charge on any atom is -0.469 e. The van der Waals surface area contributed by atoms with E-state index >= 15 is 0 Å². The van der Waals surface area contributed by atoms with Crippen LogP contribution in [0.3, 0.4) is 0 Å². The van der Waals surface area contributed by atoms with Gasteiger partial charge in [-0.05, 0) is 26.1 Å². The van der Waals surface area contributed by atoms with Gasteiger partial charge in [-0.1, -0.05) is 0 Å². The Hall–Kier alpha value is -1.29. The number of methoxy groups -OCH3 is 1. The number of ether oxygens (including phenoxy) is 1. The Balaban J connectivity index is 2.30. The van der Waals surface area contributed by atoms with E-state index in [4.69, 9.17) is 4.42 Å². The molecule has 0 saturated heterocycles. The number of aryl methyl sites for hydroxylation is 1. The Kier molecular flexibility index (Phi) is 4.37. The van der Waals surface area contributed by atoms with Crippen molar-refractivity contribution < 1.29 is 13.9 Å². The summed E-state index contributed by atoms with van der Waals surface area (Å²) in [4.78, 5) is 12.9. The zero-order chi connectivity index (χ0) is 11.3. The van der Waals surface area contributed by atoms with Gasteiger partial charge in [-0.15, -0.1) is 0 Å². The molecule has 4 nitrogen and oxygen atoms in total. The van der Waals surface area contributed by atoms with Gasteiger partial charge in [0.15, 0.2) is 0 Å². The average Bonchev–Trinajstić information content (AvgIpc) is 2.60. The number of carbonyl (C=O) groups is 1. The maximum Gasteiger partial charge on any atom is 0.306 e. The average molecular weight is 211 g/mol. The molecular formula is C11H17NO3. The summed E-state index contributed by atoms with van der Waals surface area (Å²) in [5.74, 6) is 1.64. The molecule has 0 radical (unpaired) electrons. The van der Waals surface area contributed by atoms with E-state index < -0.39 is 0 Å². The number of nitrogens with zero attached hydrogens (tertiary/aromatic N) is 1. The van der Waals surface area contributed by atoms with Gasteiger partial charge in [0.2, 0.25) is 0 Å². The summed E-state index contributed by atoms with van der Waals surface area (Å²) in [5.41, 5.74) is 0. The molecule has 0 spiro atoms. The first-order valence-corrected chi connectivity index (χ1v) is 4.92. The van der Waals surface area contributed by atoms with E-state index in [1.807, 2.05) is 31.0 Å². The molecule has 0 aromatic carbocycles. The molecule has 4 heteroatoms. The zero-order valence-corrected chi connectivity index (χ0v) is 9.45. The number of rotatable bonds is 5. The standard InChI is InChI=1S/C11H17NO3/c1-9-4-5-10(15-9)8-12(2)7-6-11(13)14-3/h4-5H,6-8H2,1-3H3. The van der Waals surface area contributed by atoms with E-state index in [9.17, 15) is 4.79 Å². The molecule has 84 valence electrons. The van der Waals surface area contributed by atoms with E-state index in [1.165, 1.54) is 7.11 Å². The fourth-order valence-electron chi connectivity index (χ4n) is 1.30. The van der Waals surface area contributed by atoms with Gasteiger partial charge in [0.05, 0.1) is 20.1 Å². The fraction of sp³-hybridized carbons (Fsp3) is 0.545. The lowest BCUT2D eigenvalue weighted by atomic mass is 10.3. The largest absolute Gasteiger partial charge is 0.469 e. The van der Waals surface area contributed by atoms with Gasteiger partial charge in [-0.3, -0.25) is 9.69 Å². The molecule has 0 fully saturated rings. The Labute approximate surface area is 89.8 Å². The predicted molar refractivity (Wildman–Crippen MR) is 56.4 cm³/mol. The number of hydrogen-bond acceptors (Lipinski definition) is 4. The molecule has 0 amide bonds. The summed E-state index contributed by atoms with van der Waals surface area (Å²) in [7, 11) is 3.35. The van der Waals surface area contributed by atoms with E-state index in [1.54, 1.807) is 0 Å². The lowest BCUT2D eigenvalue weighted by molar-refractivity contribution is -0.140. The van der Waals surface area contributed by atoms with Crippen molar-refractivity contribution in [2.24, 2.45) is 0 Å². The zero-order valence-electron chi connectivity index (χ0n) is 9.45. The van der Waals surface area contributed by atoms with Gasteiger partial charge in [0.25, 0.3) is 0 Å². The van der Waals surface area contributed by atoms with Gasteiger partial charge in [0.1, 0.15) is 11.5 Å². The third kappa shape index (κ3) is 4.16. The van der Waals surface area contributed by atoms with Gasteiger partial charge in [0, 0.05) is 6.54 Å².